The Morgan fingerprint density at radius 3 is 2.90 bits per heavy atom. The molecule has 1 aromatic heterocycles. The SMILES string of the molecule is COC(=O)c1ccc(Cl)c(NCc2ccnc(C)n2)c1. The van der Waals surface area contributed by atoms with Gasteiger partial charge in [-0.15, -0.1) is 0 Å². The lowest BCUT2D eigenvalue weighted by Gasteiger charge is -2.09. The fraction of sp³-hybridized carbons (Fsp3) is 0.214. The Balaban J connectivity index is 2.14. The Labute approximate surface area is 122 Å². The monoisotopic (exact) mass is 291 g/mol. The van der Waals surface area contributed by atoms with Crippen LogP contribution in [0.5, 0.6) is 0 Å². The number of nitrogens with one attached hydrogen (secondary N) is 1. The molecule has 0 aliphatic heterocycles. The van der Waals surface area contributed by atoms with E-state index in [1.807, 2.05) is 13.0 Å². The van der Waals surface area contributed by atoms with Gasteiger partial charge in [-0.1, -0.05) is 11.6 Å². The standard InChI is InChI=1S/C14H14ClN3O2/c1-9-16-6-5-11(18-9)8-17-13-7-10(14(19)20-2)3-4-12(13)15/h3-7,17H,8H2,1-2H3. The third-order valence-electron chi connectivity index (χ3n) is 2.68. The van der Waals surface area contributed by atoms with Crippen molar-refractivity contribution in [3.05, 3.63) is 52.6 Å². The number of hydrogen-bond acceptors (Lipinski definition) is 5. The van der Waals surface area contributed by atoms with Gasteiger partial charge in [0.05, 0.1) is 35.6 Å². The first-order chi connectivity index (χ1) is 9.60. The summed E-state index contributed by atoms with van der Waals surface area (Å²) in [7, 11) is 1.34. The fourth-order valence-corrected chi connectivity index (χ4v) is 1.88. The minimum Gasteiger partial charge on any atom is -0.465 e. The number of carbonyl (C=O) groups excluding carboxylic acids is 1. The van der Waals surface area contributed by atoms with E-state index in [9.17, 15) is 4.79 Å². The number of carbonyl (C=O) groups is 1. The Hall–Kier alpha value is -2.14. The Morgan fingerprint density at radius 2 is 2.20 bits per heavy atom. The first-order valence-corrected chi connectivity index (χ1v) is 6.38. The van der Waals surface area contributed by atoms with Crippen LogP contribution in [0.2, 0.25) is 5.02 Å². The molecule has 0 radical (unpaired) electrons. The molecule has 0 atom stereocenters. The molecule has 0 amide bonds. The molecule has 104 valence electrons. The molecule has 1 N–H and O–H groups in total. The van der Waals surface area contributed by atoms with Gasteiger partial charge in [0, 0.05) is 6.20 Å². The van der Waals surface area contributed by atoms with Crippen LogP contribution in [0.15, 0.2) is 30.5 Å². The van der Waals surface area contributed by atoms with Crippen LogP contribution in [-0.2, 0) is 11.3 Å². The largest absolute Gasteiger partial charge is 0.465 e. The second kappa shape index (κ2) is 6.34. The molecular formula is C14H14ClN3O2. The molecular weight excluding hydrogens is 278 g/mol. The van der Waals surface area contributed by atoms with Crippen LogP contribution in [0.25, 0.3) is 0 Å². The lowest BCUT2D eigenvalue weighted by molar-refractivity contribution is 0.0601. The lowest BCUT2D eigenvalue weighted by atomic mass is 10.2. The average Bonchev–Trinajstić information content (AvgIpc) is 2.45. The van der Waals surface area contributed by atoms with E-state index in [2.05, 4.69) is 20.0 Å². The number of nitrogens with zero attached hydrogens (tertiary/aromatic N) is 2. The van der Waals surface area contributed by atoms with E-state index < -0.39 is 5.97 Å². The highest BCUT2D eigenvalue weighted by molar-refractivity contribution is 6.33. The molecule has 2 rings (SSSR count). The molecule has 0 saturated carbocycles. The van der Waals surface area contributed by atoms with Crippen molar-refractivity contribution in [3.63, 3.8) is 0 Å². The maximum atomic E-state index is 11.5. The zero-order chi connectivity index (χ0) is 14.5. The molecule has 0 aliphatic carbocycles. The maximum Gasteiger partial charge on any atom is 0.337 e. The smallest absolute Gasteiger partial charge is 0.337 e. The summed E-state index contributed by atoms with van der Waals surface area (Å²) in [5.41, 5.74) is 1.95. The second-order valence-electron chi connectivity index (χ2n) is 4.13. The van der Waals surface area contributed by atoms with Crippen molar-refractivity contribution in [2.75, 3.05) is 12.4 Å². The topological polar surface area (TPSA) is 64.1 Å². The molecule has 20 heavy (non-hydrogen) atoms. The van der Waals surface area contributed by atoms with Crippen molar-refractivity contribution in [2.24, 2.45) is 0 Å². The summed E-state index contributed by atoms with van der Waals surface area (Å²) in [6, 6.07) is 6.75. The van der Waals surface area contributed by atoms with Crippen LogP contribution in [0.3, 0.4) is 0 Å². The molecule has 5 nitrogen and oxygen atoms in total. The van der Waals surface area contributed by atoms with Crippen LogP contribution in [0.4, 0.5) is 5.69 Å². The third kappa shape index (κ3) is 3.45. The first-order valence-electron chi connectivity index (χ1n) is 6.00. The summed E-state index contributed by atoms with van der Waals surface area (Å²) in [6.07, 6.45) is 1.70. The highest BCUT2D eigenvalue weighted by Crippen LogP contribution is 2.23. The Bertz CT molecular complexity index is 632. The molecule has 0 fully saturated rings. The number of halogens is 1. The van der Waals surface area contributed by atoms with Crippen molar-refractivity contribution < 1.29 is 9.53 Å². The van der Waals surface area contributed by atoms with Gasteiger partial charge in [0.1, 0.15) is 5.82 Å². The van der Waals surface area contributed by atoms with Crippen LogP contribution < -0.4 is 5.32 Å². The summed E-state index contributed by atoms with van der Waals surface area (Å²) >= 11 is 6.09. The lowest BCUT2D eigenvalue weighted by Crippen LogP contribution is -2.06. The van der Waals surface area contributed by atoms with E-state index in [4.69, 9.17) is 11.6 Å². The molecule has 1 aromatic carbocycles. The molecule has 0 spiro atoms. The van der Waals surface area contributed by atoms with Gasteiger partial charge < -0.3 is 10.1 Å². The van der Waals surface area contributed by atoms with E-state index in [0.717, 1.165) is 5.69 Å². The van der Waals surface area contributed by atoms with Crippen LogP contribution in [0, 0.1) is 6.92 Å². The van der Waals surface area contributed by atoms with Crippen LogP contribution >= 0.6 is 11.6 Å². The zero-order valence-electron chi connectivity index (χ0n) is 11.2. The van der Waals surface area contributed by atoms with Crippen molar-refractivity contribution in [3.8, 4) is 0 Å². The van der Waals surface area contributed by atoms with E-state index in [1.165, 1.54) is 7.11 Å². The predicted octanol–water partition coefficient (Wildman–Crippen LogP) is 2.84. The van der Waals surface area contributed by atoms with Crippen LogP contribution in [0.1, 0.15) is 21.9 Å². The number of aryl methyl sites for hydroxylation is 1. The second-order valence-corrected chi connectivity index (χ2v) is 4.54. The average molecular weight is 292 g/mol. The Morgan fingerprint density at radius 1 is 1.40 bits per heavy atom. The minimum absolute atomic E-state index is 0.400. The summed E-state index contributed by atoms with van der Waals surface area (Å²) in [5, 5.41) is 3.68. The molecule has 2 aromatic rings. The van der Waals surface area contributed by atoms with Gasteiger partial charge in [0.15, 0.2) is 0 Å². The number of benzene rings is 1. The highest BCUT2D eigenvalue weighted by atomic mass is 35.5. The van der Waals surface area contributed by atoms with E-state index in [1.54, 1.807) is 24.4 Å². The van der Waals surface area contributed by atoms with E-state index in [0.29, 0.717) is 28.6 Å². The number of hydrogen-bond donors (Lipinski definition) is 1. The minimum atomic E-state index is -0.400. The number of esters is 1. The highest BCUT2D eigenvalue weighted by Gasteiger charge is 2.09. The van der Waals surface area contributed by atoms with Crippen molar-refractivity contribution in [2.45, 2.75) is 13.5 Å². The number of anilines is 1. The summed E-state index contributed by atoms with van der Waals surface area (Å²) in [4.78, 5) is 19.8. The van der Waals surface area contributed by atoms with Gasteiger partial charge in [-0.25, -0.2) is 14.8 Å². The summed E-state index contributed by atoms with van der Waals surface area (Å²) < 4.78 is 4.68. The predicted molar refractivity (Wildman–Crippen MR) is 76.9 cm³/mol. The zero-order valence-corrected chi connectivity index (χ0v) is 11.9. The number of methoxy groups -OCH3 is 1. The Kier molecular flexibility index (Phi) is 4.53. The molecule has 0 saturated heterocycles. The number of aromatic nitrogens is 2. The molecule has 0 aliphatic rings. The van der Waals surface area contributed by atoms with Gasteiger partial charge >= 0.3 is 5.97 Å². The number of ether oxygens (including phenoxy) is 1. The number of rotatable bonds is 4. The summed E-state index contributed by atoms with van der Waals surface area (Å²) in [5.74, 6) is 0.307. The van der Waals surface area contributed by atoms with Crippen molar-refractivity contribution in [1.29, 1.82) is 0 Å². The normalized spacial score (nSPS) is 10.2. The van der Waals surface area contributed by atoms with Crippen molar-refractivity contribution in [1.82, 2.24) is 9.97 Å². The van der Waals surface area contributed by atoms with E-state index >= 15 is 0 Å². The first kappa shape index (κ1) is 14.3. The van der Waals surface area contributed by atoms with Gasteiger partial charge in [0.2, 0.25) is 0 Å². The maximum absolute atomic E-state index is 11.5. The van der Waals surface area contributed by atoms with E-state index in [-0.39, 0.29) is 0 Å². The van der Waals surface area contributed by atoms with Crippen LogP contribution in [-0.4, -0.2) is 23.0 Å². The van der Waals surface area contributed by atoms with Gasteiger partial charge in [-0.2, -0.15) is 0 Å². The molecule has 6 heteroatoms. The van der Waals surface area contributed by atoms with Gasteiger partial charge in [-0.3, -0.25) is 0 Å². The summed E-state index contributed by atoms with van der Waals surface area (Å²) in [6.45, 7) is 2.32. The quantitative estimate of drug-likeness (QED) is 0.878. The van der Waals surface area contributed by atoms with Gasteiger partial charge in [-0.05, 0) is 31.2 Å². The fourth-order valence-electron chi connectivity index (χ4n) is 1.69. The van der Waals surface area contributed by atoms with Gasteiger partial charge in [0.25, 0.3) is 0 Å². The molecule has 0 unspecified atom stereocenters. The third-order valence-corrected chi connectivity index (χ3v) is 3.01. The molecule has 0 bridgehead atoms. The van der Waals surface area contributed by atoms with Crippen molar-refractivity contribution >= 4 is 23.3 Å². The molecule has 1 heterocycles.